The van der Waals surface area contributed by atoms with Crippen molar-refractivity contribution < 1.29 is 4.79 Å². The number of amides is 2. The van der Waals surface area contributed by atoms with Gasteiger partial charge in [-0.3, -0.25) is 10.4 Å². The van der Waals surface area contributed by atoms with E-state index in [1.54, 1.807) is 0 Å². The molecular weight excluding hydrogens is 204 g/mol. The summed E-state index contributed by atoms with van der Waals surface area (Å²) in [5.41, 5.74) is 1.02. The van der Waals surface area contributed by atoms with E-state index in [9.17, 15) is 4.79 Å². The van der Waals surface area contributed by atoms with Gasteiger partial charge in [0.05, 0.1) is 0 Å². The maximum Gasteiger partial charge on any atom is 0.320 e. The number of nitrogens with one attached hydrogen (secondary N) is 3. The Bertz CT molecular complexity index is 355. The minimum absolute atomic E-state index is 0.152. The SMILES string of the molecule is CCc1cc(NC(=O)NC2CCCC2)n[nH]1. The van der Waals surface area contributed by atoms with Gasteiger partial charge in [0.1, 0.15) is 0 Å². The van der Waals surface area contributed by atoms with E-state index in [2.05, 4.69) is 20.8 Å². The molecule has 0 atom stereocenters. The smallest absolute Gasteiger partial charge is 0.320 e. The summed E-state index contributed by atoms with van der Waals surface area (Å²) in [5.74, 6) is 0.590. The fourth-order valence-electron chi connectivity index (χ4n) is 2.01. The van der Waals surface area contributed by atoms with Crippen LogP contribution in [0.1, 0.15) is 38.3 Å². The molecule has 1 aromatic heterocycles. The highest BCUT2D eigenvalue weighted by Crippen LogP contribution is 2.17. The van der Waals surface area contributed by atoms with Crippen LogP contribution in [-0.2, 0) is 6.42 Å². The molecule has 0 radical (unpaired) electrons. The van der Waals surface area contributed by atoms with Crippen molar-refractivity contribution in [3.05, 3.63) is 11.8 Å². The predicted octanol–water partition coefficient (Wildman–Crippen LogP) is 2.04. The van der Waals surface area contributed by atoms with Crippen LogP contribution in [0.5, 0.6) is 0 Å². The first kappa shape index (κ1) is 11.0. The summed E-state index contributed by atoms with van der Waals surface area (Å²) in [6, 6.07) is 2.04. The van der Waals surface area contributed by atoms with Crippen molar-refractivity contribution in [3.8, 4) is 0 Å². The number of nitrogens with zero attached hydrogens (tertiary/aromatic N) is 1. The molecule has 0 aliphatic heterocycles. The van der Waals surface area contributed by atoms with E-state index in [1.807, 2.05) is 13.0 Å². The third kappa shape index (κ3) is 2.74. The van der Waals surface area contributed by atoms with Crippen LogP contribution in [-0.4, -0.2) is 22.3 Å². The highest BCUT2D eigenvalue weighted by atomic mass is 16.2. The number of hydrogen-bond acceptors (Lipinski definition) is 2. The van der Waals surface area contributed by atoms with Gasteiger partial charge in [0.2, 0.25) is 0 Å². The Labute approximate surface area is 95.0 Å². The summed E-state index contributed by atoms with van der Waals surface area (Å²) >= 11 is 0. The lowest BCUT2D eigenvalue weighted by Gasteiger charge is -2.11. The second-order valence-electron chi connectivity index (χ2n) is 4.21. The fourth-order valence-corrected chi connectivity index (χ4v) is 2.01. The molecule has 88 valence electrons. The molecule has 3 N–H and O–H groups in total. The second-order valence-corrected chi connectivity index (χ2v) is 4.21. The van der Waals surface area contributed by atoms with Crippen LogP contribution in [0.25, 0.3) is 0 Å². The van der Waals surface area contributed by atoms with Gasteiger partial charge in [-0.15, -0.1) is 0 Å². The summed E-state index contributed by atoms with van der Waals surface area (Å²) in [6.45, 7) is 2.04. The van der Waals surface area contributed by atoms with Gasteiger partial charge in [-0.05, 0) is 19.3 Å². The molecule has 1 aliphatic carbocycles. The molecule has 1 aromatic rings. The monoisotopic (exact) mass is 222 g/mol. The van der Waals surface area contributed by atoms with Gasteiger partial charge in [0.25, 0.3) is 0 Å². The molecule has 0 bridgehead atoms. The zero-order chi connectivity index (χ0) is 11.4. The quantitative estimate of drug-likeness (QED) is 0.732. The first-order chi connectivity index (χ1) is 7.78. The predicted molar refractivity (Wildman–Crippen MR) is 62.4 cm³/mol. The third-order valence-corrected chi connectivity index (χ3v) is 2.94. The number of rotatable bonds is 3. The normalized spacial score (nSPS) is 16.3. The molecule has 0 saturated heterocycles. The molecule has 1 fully saturated rings. The molecule has 2 amide bonds. The van der Waals surface area contributed by atoms with Crippen LogP contribution < -0.4 is 10.6 Å². The summed E-state index contributed by atoms with van der Waals surface area (Å²) in [5, 5.41) is 12.5. The third-order valence-electron chi connectivity index (χ3n) is 2.94. The minimum Gasteiger partial charge on any atom is -0.335 e. The van der Waals surface area contributed by atoms with E-state index in [-0.39, 0.29) is 6.03 Å². The van der Waals surface area contributed by atoms with Crippen LogP contribution >= 0.6 is 0 Å². The van der Waals surface area contributed by atoms with Crippen molar-refractivity contribution in [1.82, 2.24) is 15.5 Å². The van der Waals surface area contributed by atoms with Crippen molar-refractivity contribution in [2.24, 2.45) is 0 Å². The molecule has 5 nitrogen and oxygen atoms in total. The van der Waals surface area contributed by atoms with Crippen LogP contribution in [0, 0.1) is 0 Å². The average Bonchev–Trinajstić information content (AvgIpc) is 2.89. The largest absolute Gasteiger partial charge is 0.335 e. The van der Waals surface area contributed by atoms with Gasteiger partial charge in [-0.2, -0.15) is 5.10 Å². The molecular formula is C11H18N4O. The lowest BCUT2D eigenvalue weighted by atomic mass is 10.2. The van der Waals surface area contributed by atoms with Gasteiger partial charge in [0, 0.05) is 17.8 Å². The molecule has 5 heteroatoms. The van der Waals surface area contributed by atoms with Gasteiger partial charge < -0.3 is 5.32 Å². The first-order valence-corrected chi connectivity index (χ1v) is 5.89. The number of H-pyrrole nitrogens is 1. The van der Waals surface area contributed by atoms with E-state index >= 15 is 0 Å². The summed E-state index contributed by atoms with van der Waals surface area (Å²) in [6.07, 6.45) is 5.50. The van der Waals surface area contributed by atoms with Crippen molar-refractivity contribution >= 4 is 11.8 Å². The number of aromatic nitrogens is 2. The second kappa shape index (κ2) is 5.01. The van der Waals surface area contributed by atoms with Gasteiger partial charge in [-0.1, -0.05) is 19.8 Å². The maximum absolute atomic E-state index is 11.6. The van der Waals surface area contributed by atoms with E-state index in [0.717, 1.165) is 25.0 Å². The van der Waals surface area contributed by atoms with Crippen molar-refractivity contribution in [2.75, 3.05) is 5.32 Å². The first-order valence-electron chi connectivity index (χ1n) is 5.89. The topological polar surface area (TPSA) is 69.8 Å². The van der Waals surface area contributed by atoms with Crippen molar-refractivity contribution in [1.29, 1.82) is 0 Å². The molecule has 1 heterocycles. The summed E-state index contributed by atoms with van der Waals surface area (Å²) in [4.78, 5) is 11.6. The highest BCUT2D eigenvalue weighted by Gasteiger charge is 2.17. The number of aryl methyl sites for hydroxylation is 1. The zero-order valence-electron chi connectivity index (χ0n) is 9.55. The van der Waals surface area contributed by atoms with Crippen LogP contribution in [0.3, 0.4) is 0 Å². The molecule has 1 saturated carbocycles. The van der Waals surface area contributed by atoms with Crippen LogP contribution in [0.15, 0.2) is 6.07 Å². The van der Waals surface area contributed by atoms with E-state index in [0.29, 0.717) is 11.9 Å². The number of aromatic amines is 1. The number of hydrogen-bond donors (Lipinski definition) is 3. The van der Waals surface area contributed by atoms with E-state index < -0.39 is 0 Å². The average molecular weight is 222 g/mol. The Morgan fingerprint density at radius 1 is 1.56 bits per heavy atom. The van der Waals surface area contributed by atoms with E-state index in [4.69, 9.17) is 0 Å². The fraction of sp³-hybridized carbons (Fsp3) is 0.636. The Morgan fingerprint density at radius 3 is 2.94 bits per heavy atom. The van der Waals surface area contributed by atoms with Gasteiger partial charge >= 0.3 is 6.03 Å². The molecule has 16 heavy (non-hydrogen) atoms. The summed E-state index contributed by atoms with van der Waals surface area (Å²) < 4.78 is 0. The Balaban J connectivity index is 1.81. The maximum atomic E-state index is 11.6. The Kier molecular flexibility index (Phi) is 3.44. The van der Waals surface area contributed by atoms with E-state index in [1.165, 1.54) is 12.8 Å². The van der Waals surface area contributed by atoms with Crippen LogP contribution in [0.4, 0.5) is 10.6 Å². The lowest BCUT2D eigenvalue weighted by Crippen LogP contribution is -2.36. The highest BCUT2D eigenvalue weighted by molar-refractivity contribution is 5.88. The van der Waals surface area contributed by atoms with Crippen molar-refractivity contribution in [3.63, 3.8) is 0 Å². The molecule has 1 aliphatic rings. The number of carbonyl (C=O) groups excluding carboxylic acids is 1. The molecule has 0 unspecified atom stereocenters. The minimum atomic E-state index is -0.152. The van der Waals surface area contributed by atoms with Crippen LogP contribution in [0.2, 0.25) is 0 Å². The Hall–Kier alpha value is -1.52. The zero-order valence-corrected chi connectivity index (χ0v) is 9.55. The summed E-state index contributed by atoms with van der Waals surface area (Å²) in [7, 11) is 0. The number of urea groups is 1. The van der Waals surface area contributed by atoms with Crippen molar-refractivity contribution in [2.45, 2.75) is 45.1 Å². The molecule has 0 spiro atoms. The molecule has 2 rings (SSSR count). The van der Waals surface area contributed by atoms with Gasteiger partial charge in [-0.25, -0.2) is 4.79 Å². The van der Waals surface area contributed by atoms with Gasteiger partial charge in [0.15, 0.2) is 5.82 Å². The number of anilines is 1. The Morgan fingerprint density at radius 2 is 2.31 bits per heavy atom. The standard InChI is InChI=1S/C11H18N4O/c1-2-8-7-10(15-14-8)13-11(16)12-9-5-3-4-6-9/h7,9H,2-6H2,1H3,(H3,12,13,14,15,16). The molecule has 0 aromatic carbocycles. The number of carbonyl (C=O) groups is 1. The lowest BCUT2D eigenvalue weighted by molar-refractivity contribution is 0.248.